The molecule has 1 aromatic carbocycles. The van der Waals surface area contributed by atoms with E-state index in [0.29, 0.717) is 5.02 Å². The molecule has 0 spiro atoms. The number of thioether (sulfide) groups is 1. The van der Waals surface area contributed by atoms with Crippen LogP contribution in [0.15, 0.2) is 23.1 Å². The lowest BCUT2D eigenvalue weighted by molar-refractivity contribution is 0.410. The highest BCUT2D eigenvalue weighted by molar-refractivity contribution is 7.99. The standard InChI is InChI=1S/C11H15Cl2NS/c1-14(2)6-3-7-15-11-5-4-9(12)8-10(11)13/h4-5,8H,3,6-7H2,1-2H3. The maximum Gasteiger partial charge on any atom is 0.0556 e. The SMILES string of the molecule is CN(C)CCCSc1ccc(Cl)cc1Cl. The smallest absolute Gasteiger partial charge is 0.0556 e. The van der Waals surface area contributed by atoms with E-state index in [4.69, 9.17) is 23.2 Å². The fourth-order valence-corrected chi connectivity index (χ4v) is 2.58. The molecule has 0 N–H and O–H groups in total. The summed E-state index contributed by atoms with van der Waals surface area (Å²) in [6, 6.07) is 5.64. The molecular formula is C11H15Cl2NS. The molecule has 0 fully saturated rings. The Hall–Kier alpha value is 0.110. The zero-order chi connectivity index (χ0) is 11.3. The van der Waals surface area contributed by atoms with Crippen molar-refractivity contribution in [1.82, 2.24) is 4.90 Å². The van der Waals surface area contributed by atoms with Gasteiger partial charge in [0.05, 0.1) is 5.02 Å². The first-order valence-electron chi connectivity index (χ1n) is 4.82. The second-order valence-corrected chi connectivity index (χ2v) is 5.56. The van der Waals surface area contributed by atoms with Crippen molar-refractivity contribution in [2.24, 2.45) is 0 Å². The highest BCUT2D eigenvalue weighted by atomic mass is 35.5. The van der Waals surface area contributed by atoms with Crippen LogP contribution in [-0.2, 0) is 0 Å². The Morgan fingerprint density at radius 1 is 1.27 bits per heavy atom. The third-order valence-electron chi connectivity index (χ3n) is 1.90. The minimum atomic E-state index is 0.692. The zero-order valence-electron chi connectivity index (χ0n) is 8.96. The maximum absolute atomic E-state index is 6.06. The molecule has 0 aliphatic heterocycles. The molecule has 0 saturated heterocycles. The first-order valence-corrected chi connectivity index (χ1v) is 6.56. The molecule has 84 valence electrons. The van der Waals surface area contributed by atoms with Crippen molar-refractivity contribution in [3.8, 4) is 0 Å². The maximum atomic E-state index is 6.06. The van der Waals surface area contributed by atoms with Gasteiger partial charge in [-0.15, -0.1) is 11.8 Å². The lowest BCUT2D eigenvalue weighted by Gasteiger charge is -2.09. The van der Waals surface area contributed by atoms with E-state index < -0.39 is 0 Å². The number of halogens is 2. The van der Waals surface area contributed by atoms with Crippen molar-refractivity contribution in [3.05, 3.63) is 28.2 Å². The van der Waals surface area contributed by atoms with Crippen LogP contribution in [0.2, 0.25) is 10.0 Å². The van der Waals surface area contributed by atoms with E-state index in [1.54, 1.807) is 17.8 Å². The minimum Gasteiger partial charge on any atom is -0.309 e. The van der Waals surface area contributed by atoms with Gasteiger partial charge < -0.3 is 4.90 Å². The number of benzene rings is 1. The predicted octanol–water partition coefficient (Wildman–Crippen LogP) is 4.04. The predicted molar refractivity (Wildman–Crippen MR) is 70.4 cm³/mol. The van der Waals surface area contributed by atoms with Gasteiger partial charge in [0, 0.05) is 9.92 Å². The fraction of sp³-hybridized carbons (Fsp3) is 0.455. The molecule has 15 heavy (non-hydrogen) atoms. The summed E-state index contributed by atoms with van der Waals surface area (Å²) in [6.07, 6.45) is 1.16. The largest absolute Gasteiger partial charge is 0.309 e. The Bertz CT molecular complexity index is 315. The lowest BCUT2D eigenvalue weighted by atomic mass is 10.4. The molecule has 1 nitrogen and oxygen atoms in total. The third-order valence-corrected chi connectivity index (χ3v) is 3.72. The van der Waals surface area contributed by atoms with Crippen LogP contribution in [0, 0.1) is 0 Å². The quantitative estimate of drug-likeness (QED) is 0.583. The summed E-state index contributed by atoms with van der Waals surface area (Å²) in [5, 5.41) is 1.44. The highest BCUT2D eigenvalue weighted by Gasteiger charge is 2.01. The van der Waals surface area contributed by atoms with Crippen molar-refractivity contribution in [1.29, 1.82) is 0 Å². The van der Waals surface area contributed by atoms with Gasteiger partial charge in [0.2, 0.25) is 0 Å². The summed E-state index contributed by atoms with van der Waals surface area (Å²) in [6.45, 7) is 1.11. The average molecular weight is 264 g/mol. The Kier molecular flexibility index (Phi) is 5.83. The van der Waals surface area contributed by atoms with Crippen LogP contribution in [0.5, 0.6) is 0 Å². The third kappa shape index (κ3) is 5.12. The molecule has 0 amide bonds. The van der Waals surface area contributed by atoms with Crippen LogP contribution in [-0.4, -0.2) is 31.3 Å². The van der Waals surface area contributed by atoms with Crippen LogP contribution >= 0.6 is 35.0 Å². The van der Waals surface area contributed by atoms with Gasteiger partial charge in [-0.1, -0.05) is 23.2 Å². The van der Waals surface area contributed by atoms with E-state index in [9.17, 15) is 0 Å². The van der Waals surface area contributed by atoms with Crippen molar-refractivity contribution in [3.63, 3.8) is 0 Å². The Morgan fingerprint density at radius 3 is 2.60 bits per heavy atom. The van der Waals surface area contributed by atoms with Crippen molar-refractivity contribution >= 4 is 35.0 Å². The number of hydrogen-bond donors (Lipinski definition) is 0. The molecule has 0 aromatic heterocycles. The van der Waals surface area contributed by atoms with Crippen LogP contribution in [0.4, 0.5) is 0 Å². The van der Waals surface area contributed by atoms with E-state index in [1.165, 1.54) is 0 Å². The second kappa shape index (κ2) is 6.64. The summed E-state index contributed by atoms with van der Waals surface area (Å²) in [4.78, 5) is 3.30. The molecule has 1 rings (SSSR count). The Balaban J connectivity index is 2.37. The van der Waals surface area contributed by atoms with Crippen LogP contribution in [0.3, 0.4) is 0 Å². The summed E-state index contributed by atoms with van der Waals surface area (Å²) in [5.74, 6) is 1.08. The van der Waals surface area contributed by atoms with Gasteiger partial charge in [0.25, 0.3) is 0 Å². The molecule has 0 saturated carbocycles. The van der Waals surface area contributed by atoms with Gasteiger partial charge >= 0.3 is 0 Å². The van der Waals surface area contributed by atoms with E-state index >= 15 is 0 Å². The summed E-state index contributed by atoms with van der Waals surface area (Å²) < 4.78 is 0. The van der Waals surface area contributed by atoms with E-state index in [1.807, 2.05) is 12.1 Å². The number of rotatable bonds is 5. The van der Waals surface area contributed by atoms with Crippen molar-refractivity contribution in [2.45, 2.75) is 11.3 Å². The van der Waals surface area contributed by atoms with Crippen LogP contribution in [0.25, 0.3) is 0 Å². The molecule has 0 aliphatic carbocycles. The lowest BCUT2D eigenvalue weighted by Crippen LogP contribution is -2.13. The zero-order valence-corrected chi connectivity index (χ0v) is 11.3. The minimum absolute atomic E-state index is 0.692. The second-order valence-electron chi connectivity index (χ2n) is 3.58. The molecular weight excluding hydrogens is 249 g/mol. The fourth-order valence-electron chi connectivity index (χ4n) is 1.16. The average Bonchev–Trinajstić information content (AvgIpc) is 2.14. The molecule has 4 heteroatoms. The Morgan fingerprint density at radius 2 is 2.00 bits per heavy atom. The van der Waals surface area contributed by atoms with Crippen molar-refractivity contribution < 1.29 is 0 Å². The van der Waals surface area contributed by atoms with E-state index in [2.05, 4.69) is 19.0 Å². The molecule has 0 unspecified atom stereocenters. The van der Waals surface area contributed by atoms with Gasteiger partial charge in [-0.3, -0.25) is 0 Å². The van der Waals surface area contributed by atoms with E-state index in [-0.39, 0.29) is 0 Å². The molecule has 0 aliphatic rings. The normalized spacial score (nSPS) is 11.0. The molecule has 1 aromatic rings. The molecule has 0 bridgehead atoms. The molecule has 0 atom stereocenters. The Labute approximate surface area is 106 Å². The van der Waals surface area contributed by atoms with Gasteiger partial charge in [0.15, 0.2) is 0 Å². The number of nitrogens with zero attached hydrogens (tertiary/aromatic N) is 1. The van der Waals surface area contributed by atoms with Gasteiger partial charge in [-0.05, 0) is 51.0 Å². The van der Waals surface area contributed by atoms with Gasteiger partial charge in [-0.2, -0.15) is 0 Å². The first kappa shape index (κ1) is 13.2. The monoisotopic (exact) mass is 263 g/mol. The van der Waals surface area contributed by atoms with Crippen molar-refractivity contribution in [2.75, 3.05) is 26.4 Å². The molecule has 0 radical (unpaired) electrons. The summed E-state index contributed by atoms with van der Waals surface area (Å²) in [7, 11) is 4.17. The van der Waals surface area contributed by atoms with Gasteiger partial charge in [-0.25, -0.2) is 0 Å². The van der Waals surface area contributed by atoms with Crippen LogP contribution < -0.4 is 0 Å². The number of hydrogen-bond acceptors (Lipinski definition) is 2. The van der Waals surface area contributed by atoms with Crippen LogP contribution in [0.1, 0.15) is 6.42 Å². The highest BCUT2D eigenvalue weighted by Crippen LogP contribution is 2.29. The van der Waals surface area contributed by atoms with E-state index in [0.717, 1.165) is 28.6 Å². The summed E-state index contributed by atoms with van der Waals surface area (Å²) >= 11 is 13.7. The summed E-state index contributed by atoms with van der Waals surface area (Å²) in [5.41, 5.74) is 0. The first-order chi connectivity index (χ1) is 7.09. The topological polar surface area (TPSA) is 3.24 Å². The van der Waals surface area contributed by atoms with Gasteiger partial charge in [0.1, 0.15) is 0 Å². The molecule has 0 heterocycles.